The summed E-state index contributed by atoms with van der Waals surface area (Å²) >= 11 is 1.80. The highest BCUT2D eigenvalue weighted by molar-refractivity contribution is 7.99. The second-order valence-corrected chi connectivity index (χ2v) is 6.00. The Labute approximate surface area is 129 Å². The monoisotopic (exact) mass is 305 g/mol. The number of para-hydroxylation sites is 1. The minimum absolute atomic E-state index is 0.0677. The predicted molar refractivity (Wildman–Crippen MR) is 87.8 cm³/mol. The Morgan fingerprint density at radius 2 is 2.00 bits per heavy atom. The lowest BCUT2D eigenvalue weighted by molar-refractivity contribution is 0.385. The van der Waals surface area contributed by atoms with Gasteiger partial charge in [-0.25, -0.2) is 4.39 Å². The van der Waals surface area contributed by atoms with Crippen molar-refractivity contribution in [2.45, 2.75) is 24.8 Å². The van der Waals surface area contributed by atoms with Crippen LogP contribution in [0.25, 0.3) is 0 Å². The summed E-state index contributed by atoms with van der Waals surface area (Å²) in [6, 6.07) is 13.3. The van der Waals surface area contributed by atoms with E-state index in [9.17, 15) is 4.39 Å². The van der Waals surface area contributed by atoms with Crippen molar-refractivity contribution in [3.8, 4) is 5.75 Å². The number of nitrogens with one attached hydrogen (secondary N) is 1. The van der Waals surface area contributed by atoms with E-state index < -0.39 is 0 Å². The highest BCUT2D eigenvalue weighted by Gasteiger charge is 2.11. The number of ether oxygens (including phenoxy) is 1. The molecule has 2 nitrogen and oxygen atoms in total. The van der Waals surface area contributed by atoms with Crippen LogP contribution in [0.4, 0.5) is 10.1 Å². The molecule has 4 heteroatoms. The molecule has 0 bridgehead atoms. The second-order valence-electron chi connectivity index (χ2n) is 4.69. The molecule has 0 aliphatic carbocycles. The maximum atomic E-state index is 13.5. The highest BCUT2D eigenvalue weighted by Crippen LogP contribution is 2.31. The standard InChI is InChI=1S/C17H20FNOS/c1-4-21-17-8-6-5-7-15(17)19-12(2)13-9-10-14(18)16(11-13)20-3/h5-12,19H,4H2,1-3H3. The molecule has 1 N–H and O–H groups in total. The molecular weight excluding hydrogens is 285 g/mol. The number of halogens is 1. The number of thioether (sulfide) groups is 1. The zero-order valence-electron chi connectivity index (χ0n) is 12.5. The van der Waals surface area contributed by atoms with E-state index in [2.05, 4.69) is 31.3 Å². The van der Waals surface area contributed by atoms with Crippen LogP contribution in [-0.4, -0.2) is 12.9 Å². The van der Waals surface area contributed by atoms with E-state index in [1.807, 2.05) is 12.1 Å². The fourth-order valence-corrected chi connectivity index (χ4v) is 2.90. The van der Waals surface area contributed by atoms with E-state index >= 15 is 0 Å². The third-order valence-electron chi connectivity index (χ3n) is 3.23. The van der Waals surface area contributed by atoms with Gasteiger partial charge in [-0.2, -0.15) is 0 Å². The maximum Gasteiger partial charge on any atom is 0.165 e. The van der Waals surface area contributed by atoms with Crippen LogP contribution in [0, 0.1) is 5.82 Å². The normalized spacial score (nSPS) is 12.0. The zero-order valence-corrected chi connectivity index (χ0v) is 13.3. The highest BCUT2D eigenvalue weighted by atomic mass is 32.2. The van der Waals surface area contributed by atoms with Crippen LogP contribution >= 0.6 is 11.8 Å². The molecule has 1 unspecified atom stereocenters. The first kappa shape index (κ1) is 15.7. The van der Waals surface area contributed by atoms with Gasteiger partial charge in [0.2, 0.25) is 0 Å². The quantitative estimate of drug-likeness (QED) is 0.748. The van der Waals surface area contributed by atoms with Gasteiger partial charge in [0.05, 0.1) is 7.11 Å². The molecule has 2 aromatic carbocycles. The SMILES string of the molecule is CCSc1ccccc1NC(C)c1ccc(F)c(OC)c1. The molecule has 0 heterocycles. The van der Waals surface area contributed by atoms with E-state index in [4.69, 9.17) is 4.74 Å². The molecule has 0 saturated heterocycles. The van der Waals surface area contributed by atoms with Crippen LogP contribution in [0.1, 0.15) is 25.5 Å². The third kappa shape index (κ3) is 3.91. The van der Waals surface area contributed by atoms with Gasteiger partial charge >= 0.3 is 0 Å². The molecule has 2 aromatic rings. The number of anilines is 1. The molecule has 0 radical (unpaired) electrons. The first-order chi connectivity index (χ1) is 10.2. The second kappa shape index (κ2) is 7.36. The smallest absolute Gasteiger partial charge is 0.165 e. The Kier molecular flexibility index (Phi) is 5.51. The van der Waals surface area contributed by atoms with E-state index in [1.54, 1.807) is 23.9 Å². The minimum Gasteiger partial charge on any atom is -0.494 e. The molecular formula is C17H20FNOS. The third-order valence-corrected chi connectivity index (χ3v) is 4.19. The summed E-state index contributed by atoms with van der Waals surface area (Å²) in [5.41, 5.74) is 2.09. The summed E-state index contributed by atoms with van der Waals surface area (Å²) in [6.45, 7) is 4.19. The van der Waals surface area contributed by atoms with Crippen LogP contribution in [0.5, 0.6) is 5.75 Å². The average Bonchev–Trinajstić information content (AvgIpc) is 2.50. The number of rotatable bonds is 6. The molecule has 2 rings (SSSR count). The lowest BCUT2D eigenvalue weighted by Gasteiger charge is -2.19. The topological polar surface area (TPSA) is 21.3 Å². The van der Waals surface area contributed by atoms with Crippen molar-refractivity contribution in [2.75, 3.05) is 18.2 Å². The number of benzene rings is 2. The van der Waals surface area contributed by atoms with Crippen LogP contribution in [-0.2, 0) is 0 Å². The fourth-order valence-electron chi connectivity index (χ4n) is 2.13. The number of hydrogen-bond donors (Lipinski definition) is 1. The van der Waals surface area contributed by atoms with E-state index in [0.717, 1.165) is 17.0 Å². The summed E-state index contributed by atoms with van der Waals surface area (Å²) < 4.78 is 18.5. The molecule has 0 aliphatic rings. The van der Waals surface area contributed by atoms with E-state index in [-0.39, 0.29) is 17.6 Å². The van der Waals surface area contributed by atoms with Crippen LogP contribution < -0.4 is 10.1 Å². The fraction of sp³-hybridized carbons (Fsp3) is 0.294. The lowest BCUT2D eigenvalue weighted by atomic mass is 10.1. The van der Waals surface area contributed by atoms with Gasteiger partial charge in [0.15, 0.2) is 11.6 Å². The van der Waals surface area contributed by atoms with Gasteiger partial charge in [0.25, 0.3) is 0 Å². The Bertz CT molecular complexity index is 603. The van der Waals surface area contributed by atoms with Crippen molar-refractivity contribution in [3.63, 3.8) is 0 Å². The molecule has 0 aromatic heterocycles. The average molecular weight is 305 g/mol. The van der Waals surface area contributed by atoms with E-state index in [1.165, 1.54) is 18.1 Å². The first-order valence-corrected chi connectivity index (χ1v) is 7.96. The van der Waals surface area contributed by atoms with Gasteiger partial charge in [-0.05, 0) is 42.5 Å². The van der Waals surface area contributed by atoms with Crippen molar-refractivity contribution in [2.24, 2.45) is 0 Å². The van der Waals surface area contributed by atoms with Crippen LogP contribution in [0.2, 0.25) is 0 Å². The maximum absolute atomic E-state index is 13.5. The van der Waals surface area contributed by atoms with Crippen molar-refractivity contribution in [3.05, 3.63) is 53.8 Å². The summed E-state index contributed by atoms with van der Waals surface area (Å²) in [5, 5.41) is 3.48. The van der Waals surface area contributed by atoms with Gasteiger partial charge in [-0.1, -0.05) is 25.1 Å². The lowest BCUT2D eigenvalue weighted by Crippen LogP contribution is -2.08. The van der Waals surface area contributed by atoms with Crippen molar-refractivity contribution >= 4 is 17.4 Å². The summed E-state index contributed by atoms with van der Waals surface area (Å²) in [4.78, 5) is 1.22. The molecule has 0 saturated carbocycles. The Hall–Kier alpha value is -1.68. The van der Waals surface area contributed by atoms with Crippen molar-refractivity contribution in [1.82, 2.24) is 0 Å². The molecule has 0 aliphatic heterocycles. The molecule has 0 fully saturated rings. The molecule has 0 spiro atoms. The van der Waals surface area contributed by atoms with Crippen LogP contribution in [0.15, 0.2) is 47.4 Å². The Balaban J connectivity index is 2.20. The van der Waals surface area contributed by atoms with Crippen molar-refractivity contribution in [1.29, 1.82) is 0 Å². The van der Waals surface area contributed by atoms with Gasteiger partial charge in [0.1, 0.15) is 0 Å². The molecule has 21 heavy (non-hydrogen) atoms. The Morgan fingerprint density at radius 3 is 2.71 bits per heavy atom. The van der Waals surface area contributed by atoms with E-state index in [0.29, 0.717) is 0 Å². The Morgan fingerprint density at radius 1 is 1.24 bits per heavy atom. The van der Waals surface area contributed by atoms with Gasteiger partial charge < -0.3 is 10.1 Å². The number of hydrogen-bond acceptors (Lipinski definition) is 3. The van der Waals surface area contributed by atoms with Gasteiger partial charge in [0, 0.05) is 16.6 Å². The summed E-state index contributed by atoms with van der Waals surface area (Å²) in [5.74, 6) is 0.963. The first-order valence-electron chi connectivity index (χ1n) is 6.97. The number of methoxy groups -OCH3 is 1. The zero-order chi connectivity index (χ0) is 15.2. The molecule has 1 atom stereocenters. The van der Waals surface area contributed by atoms with Crippen molar-refractivity contribution < 1.29 is 9.13 Å². The molecule has 112 valence electrons. The van der Waals surface area contributed by atoms with Crippen LogP contribution in [0.3, 0.4) is 0 Å². The summed E-state index contributed by atoms with van der Waals surface area (Å²) in [6.07, 6.45) is 0. The predicted octanol–water partition coefficient (Wildman–Crippen LogP) is 5.12. The minimum atomic E-state index is -0.338. The summed E-state index contributed by atoms with van der Waals surface area (Å²) in [7, 11) is 1.48. The molecule has 0 amide bonds. The van der Waals surface area contributed by atoms with Gasteiger partial charge in [-0.15, -0.1) is 11.8 Å². The van der Waals surface area contributed by atoms with Gasteiger partial charge in [-0.3, -0.25) is 0 Å². The largest absolute Gasteiger partial charge is 0.494 e.